The maximum atomic E-state index is 11.9. The quantitative estimate of drug-likeness (QED) is 0.875. The Balaban J connectivity index is 2.25. The van der Waals surface area contributed by atoms with Crippen molar-refractivity contribution in [3.63, 3.8) is 0 Å². The van der Waals surface area contributed by atoms with Gasteiger partial charge in [0.1, 0.15) is 5.76 Å². The zero-order chi connectivity index (χ0) is 15.6. The number of aryl methyl sites for hydroxylation is 1. The highest BCUT2D eigenvalue weighted by Gasteiger charge is 2.23. The number of hydrogen-bond donors (Lipinski definition) is 1. The first-order chi connectivity index (χ1) is 9.88. The first kappa shape index (κ1) is 15.1. The highest BCUT2D eigenvalue weighted by Crippen LogP contribution is 2.23. The van der Waals surface area contributed by atoms with Gasteiger partial charge in [-0.3, -0.25) is 4.79 Å². The standard InChI is InChI=1S/C14H13ClN2O4/c1-7-11(14(19)21-8(2)12(16)18)17-13(20-7)9-3-5-10(15)6-4-9/h3-6,8H,1-2H3,(H2,16,18)/t8-/m0/s1. The average Bonchev–Trinajstić information content (AvgIpc) is 2.81. The van der Waals surface area contributed by atoms with Crippen LogP contribution >= 0.6 is 11.6 Å². The summed E-state index contributed by atoms with van der Waals surface area (Å²) in [5.41, 5.74) is 5.72. The van der Waals surface area contributed by atoms with Crippen LogP contribution in [0.4, 0.5) is 0 Å². The minimum absolute atomic E-state index is 0.00745. The molecule has 0 bridgehead atoms. The van der Waals surface area contributed by atoms with Crippen molar-refractivity contribution >= 4 is 23.5 Å². The van der Waals surface area contributed by atoms with Gasteiger partial charge in [0, 0.05) is 10.6 Å². The average molecular weight is 309 g/mol. The molecular formula is C14H13ClN2O4. The number of aromatic nitrogens is 1. The van der Waals surface area contributed by atoms with Crippen molar-refractivity contribution in [3.8, 4) is 11.5 Å². The maximum Gasteiger partial charge on any atom is 0.361 e. The van der Waals surface area contributed by atoms with E-state index in [1.54, 1.807) is 31.2 Å². The van der Waals surface area contributed by atoms with Crippen molar-refractivity contribution in [2.45, 2.75) is 20.0 Å². The lowest BCUT2D eigenvalue weighted by atomic mass is 10.2. The molecule has 0 saturated heterocycles. The van der Waals surface area contributed by atoms with Crippen LogP contribution in [0.5, 0.6) is 0 Å². The number of hydrogen-bond acceptors (Lipinski definition) is 5. The summed E-state index contributed by atoms with van der Waals surface area (Å²) in [6.07, 6.45) is -1.03. The molecule has 1 aromatic heterocycles. The van der Waals surface area contributed by atoms with E-state index in [2.05, 4.69) is 4.98 Å². The molecule has 21 heavy (non-hydrogen) atoms. The fraction of sp³-hybridized carbons (Fsp3) is 0.214. The second kappa shape index (κ2) is 5.97. The molecule has 6 nitrogen and oxygen atoms in total. The van der Waals surface area contributed by atoms with Gasteiger partial charge in [-0.2, -0.15) is 0 Å². The summed E-state index contributed by atoms with van der Waals surface area (Å²) < 4.78 is 10.3. The van der Waals surface area contributed by atoms with Gasteiger partial charge in [-0.05, 0) is 38.1 Å². The van der Waals surface area contributed by atoms with E-state index in [9.17, 15) is 9.59 Å². The number of esters is 1. The first-order valence-electron chi connectivity index (χ1n) is 6.12. The maximum absolute atomic E-state index is 11.9. The van der Waals surface area contributed by atoms with Crippen LogP contribution in [0, 0.1) is 6.92 Å². The number of primary amides is 1. The number of nitrogens with zero attached hydrogens (tertiary/aromatic N) is 1. The van der Waals surface area contributed by atoms with Gasteiger partial charge in [-0.1, -0.05) is 11.6 Å². The van der Waals surface area contributed by atoms with Gasteiger partial charge in [-0.15, -0.1) is 0 Å². The number of ether oxygens (including phenoxy) is 1. The molecule has 0 spiro atoms. The van der Waals surface area contributed by atoms with Crippen LogP contribution in [0.25, 0.3) is 11.5 Å². The normalized spacial score (nSPS) is 12.0. The highest BCUT2D eigenvalue weighted by molar-refractivity contribution is 6.30. The number of benzene rings is 1. The Morgan fingerprint density at radius 1 is 1.33 bits per heavy atom. The fourth-order valence-corrected chi connectivity index (χ4v) is 1.70. The van der Waals surface area contributed by atoms with Crippen LogP contribution in [0.2, 0.25) is 5.02 Å². The van der Waals surface area contributed by atoms with E-state index in [1.807, 2.05) is 0 Å². The molecule has 2 aromatic rings. The van der Waals surface area contributed by atoms with Crippen LogP contribution in [-0.2, 0) is 9.53 Å². The molecule has 1 atom stereocenters. The molecule has 0 unspecified atom stereocenters. The van der Waals surface area contributed by atoms with E-state index >= 15 is 0 Å². The summed E-state index contributed by atoms with van der Waals surface area (Å²) in [4.78, 5) is 26.9. The molecule has 1 heterocycles. The highest BCUT2D eigenvalue weighted by atomic mass is 35.5. The molecular weight excluding hydrogens is 296 g/mol. The molecule has 2 rings (SSSR count). The van der Waals surface area contributed by atoms with Crippen LogP contribution in [0.3, 0.4) is 0 Å². The van der Waals surface area contributed by atoms with E-state index < -0.39 is 18.0 Å². The SMILES string of the molecule is Cc1oc(-c2ccc(Cl)cc2)nc1C(=O)O[C@@H](C)C(N)=O. The Morgan fingerprint density at radius 3 is 2.52 bits per heavy atom. The number of amides is 1. The van der Waals surface area contributed by atoms with E-state index in [0.717, 1.165) is 0 Å². The topological polar surface area (TPSA) is 95.4 Å². The van der Waals surface area contributed by atoms with Crippen LogP contribution in [0.15, 0.2) is 28.7 Å². The predicted molar refractivity (Wildman–Crippen MR) is 75.8 cm³/mol. The van der Waals surface area contributed by atoms with Crippen LogP contribution < -0.4 is 5.73 Å². The van der Waals surface area contributed by atoms with Gasteiger partial charge >= 0.3 is 5.97 Å². The molecule has 110 valence electrons. The predicted octanol–water partition coefficient (Wildman–Crippen LogP) is 2.33. The van der Waals surface area contributed by atoms with Gasteiger partial charge in [0.15, 0.2) is 11.8 Å². The van der Waals surface area contributed by atoms with E-state index in [0.29, 0.717) is 16.3 Å². The first-order valence-corrected chi connectivity index (χ1v) is 6.50. The fourth-order valence-electron chi connectivity index (χ4n) is 1.58. The van der Waals surface area contributed by atoms with E-state index in [-0.39, 0.29) is 11.6 Å². The number of rotatable bonds is 4. The summed E-state index contributed by atoms with van der Waals surface area (Å²) in [5, 5.41) is 0.581. The molecule has 0 fully saturated rings. The Labute approximate surface area is 125 Å². The van der Waals surface area contributed by atoms with Crippen molar-refractivity contribution < 1.29 is 18.7 Å². The molecule has 0 aliphatic heterocycles. The van der Waals surface area contributed by atoms with Crippen molar-refractivity contribution in [2.75, 3.05) is 0 Å². The summed E-state index contributed by atoms with van der Waals surface area (Å²) in [6.45, 7) is 2.97. The van der Waals surface area contributed by atoms with Gasteiger partial charge in [0.05, 0.1) is 0 Å². The van der Waals surface area contributed by atoms with Gasteiger partial charge < -0.3 is 14.9 Å². The van der Waals surface area contributed by atoms with Crippen LogP contribution in [0.1, 0.15) is 23.2 Å². The van der Waals surface area contributed by atoms with Crippen molar-refractivity contribution in [2.24, 2.45) is 5.73 Å². The molecule has 1 aromatic carbocycles. The minimum Gasteiger partial charge on any atom is -0.448 e. The second-order valence-corrected chi connectivity index (χ2v) is 4.82. The summed E-state index contributed by atoms with van der Waals surface area (Å²) in [5.74, 6) is -0.936. The lowest BCUT2D eigenvalue weighted by Gasteiger charge is -2.07. The lowest BCUT2D eigenvalue weighted by molar-refractivity contribution is -0.125. The third kappa shape index (κ3) is 3.41. The molecule has 0 radical (unpaired) electrons. The number of halogens is 1. The Hall–Kier alpha value is -2.34. The number of nitrogens with two attached hydrogens (primary N) is 1. The third-order valence-corrected chi connectivity index (χ3v) is 3.02. The zero-order valence-electron chi connectivity index (χ0n) is 11.4. The van der Waals surface area contributed by atoms with Crippen molar-refractivity contribution in [3.05, 3.63) is 40.7 Å². The van der Waals surface area contributed by atoms with Gasteiger partial charge in [-0.25, -0.2) is 9.78 Å². The smallest absolute Gasteiger partial charge is 0.361 e. The lowest BCUT2D eigenvalue weighted by Crippen LogP contribution is -2.30. The third-order valence-electron chi connectivity index (χ3n) is 2.77. The summed E-state index contributed by atoms with van der Waals surface area (Å²) >= 11 is 5.80. The van der Waals surface area contributed by atoms with Crippen LogP contribution in [-0.4, -0.2) is 23.0 Å². The summed E-state index contributed by atoms with van der Waals surface area (Å²) in [7, 11) is 0. The van der Waals surface area contributed by atoms with Crippen molar-refractivity contribution in [1.82, 2.24) is 4.98 Å². The Kier molecular flexibility index (Phi) is 4.28. The Morgan fingerprint density at radius 2 is 1.95 bits per heavy atom. The number of oxazole rings is 1. The molecule has 1 amide bonds. The molecule has 0 aliphatic carbocycles. The minimum atomic E-state index is -1.03. The second-order valence-electron chi connectivity index (χ2n) is 4.38. The molecule has 2 N–H and O–H groups in total. The monoisotopic (exact) mass is 308 g/mol. The zero-order valence-corrected chi connectivity index (χ0v) is 12.2. The van der Waals surface area contributed by atoms with Crippen molar-refractivity contribution in [1.29, 1.82) is 0 Å². The summed E-state index contributed by atoms with van der Waals surface area (Å²) in [6, 6.07) is 6.80. The van der Waals surface area contributed by atoms with Gasteiger partial charge in [0.25, 0.3) is 5.91 Å². The van der Waals surface area contributed by atoms with E-state index in [4.69, 9.17) is 26.5 Å². The van der Waals surface area contributed by atoms with E-state index in [1.165, 1.54) is 6.92 Å². The van der Waals surface area contributed by atoms with Gasteiger partial charge in [0.2, 0.25) is 5.89 Å². The molecule has 0 saturated carbocycles. The number of carbonyl (C=O) groups excluding carboxylic acids is 2. The largest absolute Gasteiger partial charge is 0.448 e. The number of carbonyl (C=O) groups is 2. The Bertz CT molecular complexity index is 679. The molecule has 0 aliphatic rings. The molecule has 7 heteroatoms.